The average molecular weight is 843 g/mol. The topological polar surface area (TPSA) is 436 Å². The van der Waals surface area contributed by atoms with Crippen LogP contribution in [0, 0.1) is 0 Å². The van der Waals surface area contributed by atoms with Crippen molar-refractivity contribution >= 4 is 96.5 Å². The monoisotopic (exact) mass is 842 g/mol. The molecule has 0 aromatic rings. The second-order valence-electron chi connectivity index (χ2n) is 11.4. The van der Waals surface area contributed by atoms with E-state index in [1.54, 1.807) is 0 Å². The van der Waals surface area contributed by atoms with Gasteiger partial charge in [0.1, 0.15) is 36.3 Å². The van der Waals surface area contributed by atoms with Gasteiger partial charge in [0, 0.05) is 24.6 Å². The standard InChI is InChI=1S/C28H42N8O18S2/c29-22(47)10(3-17(37)38)32-23(48)11(4-18(39)40)33-24(49)12(5-19(41)42)34-25(50)13(6-20(43)44)35-26(51)14(7-21(45)46)36-27(52)15(8-55)30-1-2-31-16(9-56)28(53)54/h10-16,30-31,55-56H,1-9H2,(H2,29,47)(H,32,48)(H,33,49)(H,34,50)(H,35,51)(H,36,52)(H,37,38)(H,39,40)(H,41,42)(H,43,44)(H,45,46)(H,53,54)/t10-,11-,12-,13-,14-,15+,16+/m1/s1. The Labute approximate surface area is 326 Å². The summed E-state index contributed by atoms with van der Waals surface area (Å²) in [6, 6.07) is -12.7. The first kappa shape index (κ1) is 50.3. The van der Waals surface area contributed by atoms with Crippen LogP contribution in [0.25, 0.3) is 0 Å². The van der Waals surface area contributed by atoms with E-state index in [-0.39, 0.29) is 24.6 Å². The number of amides is 6. The highest BCUT2D eigenvalue weighted by Crippen LogP contribution is 2.05. The molecule has 7 atom stereocenters. The number of carbonyl (C=O) groups excluding carboxylic acids is 6. The molecule has 0 spiro atoms. The predicted molar refractivity (Wildman–Crippen MR) is 189 cm³/mol. The summed E-state index contributed by atoms with van der Waals surface area (Å²) >= 11 is 7.91. The highest BCUT2D eigenvalue weighted by atomic mass is 32.1. The Kier molecular flexibility index (Phi) is 22.8. The van der Waals surface area contributed by atoms with Crippen LogP contribution in [-0.2, 0) is 57.5 Å². The quantitative estimate of drug-likeness (QED) is 0.0246. The van der Waals surface area contributed by atoms with E-state index in [2.05, 4.69) is 41.2 Å². The molecule has 26 nitrogen and oxygen atoms in total. The fourth-order valence-electron chi connectivity index (χ4n) is 4.26. The van der Waals surface area contributed by atoms with Crippen molar-refractivity contribution in [3.05, 3.63) is 0 Å². The van der Waals surface area contributed by atoms with Crippen LogP contribution < -0.4 is 43.0 Å². The number of carboxylic acid groups (broad SMARTS) is 6. The number of aliphatic carboxylic acids is 6. The SMILES string of the molecule is NC(=O)[C@@H](CC(=O)O)NC(=O)[C@@H](CC(=O)O)NC(=O)[C@@H](CC(=O)O)NC(=O)[C@@H](CC(=O)O)NC(=O)[C@@H](CC(=O)O)NC(=O)[C@H](CS)NCCN[C@@H](CS)C(=O)O. The maximum Gasteiger partial charge on any atom is 0.321 e. The van der Waals surface area contributed by atoms with E-state index in [1.165, 1.54) is 0 Å². The lowest BCUT2D eigenvalue weighted by Gasteiger charge is -2.26. The summed E-state index contributed by atoms with van der Waals surface area (Å²) in [5.74, 6) is -18.5. The Balaban J connectivity index is 6.14. The number of hydrogen-bond acceptors (Lipinski definition) is 16. The van der Waals surface area contributed by atoms with Crippen LogP contribution in [0.3, 0.4) is 0 Å². The summed E-state index contributed by atoms with van der Waals surface area (Å²) in [5.41, 5.74) is 5.04. The van der Waals surface area contributed by atoms with Gasteiger partial charge in [-0.2, -0.15) is 25.3 Å². The van der Waals surface area contributed by atoms with Gasteiger partial charge in [0.2, 0.25) is 35.4 Å². The maximum atomic E-state index is 13.2. The lowest BCUT2D eigenvalue weighted by molar-refractivity contribution is -0.145. The Bertz CT molecular complexity index is 1520. The third-order valence-corrected chi connectivity index (χ3v) is 7.70. The molecule has 0 aromatic carbocycles. The summed E-state index contributed by atoms with van der Waals surface area (Å²) in [7, 11) is 0. The number of rotatable bonds is 29. The smallest absolute Gasteiger partial charge is 0.321 e. The summed E-state index contributed by atoms with van der Waals surface area (Å²) in [6.45, 7) is -0.0186. The van der Waals surface area contributed by atoms with E-state index in [4.69, 9.17) is 15.9 Å². The molecule has 0 aliphatic heterocycles. The fraction of sp³-hybridized carbons (Fsp3) is 0.571. The maximum absolute atomic E-state index is 13.2. The normalized spacial score (nSPS) is 14.5. The highest BCUT2D eigenvalue weighted by Gasteiger charge is 2.36. The van der Waals surface area contributed by atoms with E-state index < -0.39 is 146 Å². The lowest BCUT2D eigenvalue weighted by atomic mass is 10.1. The van der Waals surface area contributed by atoms with Gasteiger partial charge in [0.25, 0.3) is 0 Å². The molecule has 0 saturated carbocycles. The molecule has 0 fully saturated rings. The first-order chi connectivity index (χ1) is 26.0. The van der Waals surface area contributed by atoms with Crippen LogP contribution in [0.1, 0.15) is 32.1 Å². The van der Waals surface area contributed by atoms with Crippen molar-refractivity contribution in [1.82, 2.24) is 37.2 Å². The Morgan fingerprint density at radius 2 is 0.625 bits per heavy atom. The molecule has 56 heavy (non-hydrogen) atoms. The molecule has 28 heteroatoms. The van der Waals surface area contributed by atoms with Gasteiger partial charge >= 0.3 is 35.8 Å². The van der Waals surface area contributed by atoms with Gasteiger partial charge in [0.05, 0.1) is 38.1 Å². The molecule has 0 aromatic heterocycles. The largest absolute Gasteiger partial charge is 0.481 e. The van der Waals surface area contributed by atoms with Gasteiger partial charge in [-0.25, -0.2) is 0 Å². The Morgan fingerprint density at radius 3 is 0.857 bits per heavy atom. The minimum absolute atomic E-state index is 0.0109. The molecule has 0 unspecified atom stereocenters. The number of nitrogens with one attached hydrogen (secondary N) is 7. The third kappa shape index (κ3) is 20.1. The summed E-state index contributed by atoms with van der Waals surface area (Å²) in [4.78, 5) is 145. The molecule has 0 radical (unpaired) electrons. The third-order valence-electron chi connectivity index (χ3n) is 6.97. The van der Waals surface area contributed by atoms with Crippen LogP contribution in [0.5, 0.6) is 0 Å². The molecular formula is C28H42N8O18S2. The molecule has 0 bridgehead atoms. The summed E-state index contributed by atoms with van der Waals surface area (Å²) in [5, 5.41) is 70.1. The van der Waals surface area contributed by atoms with Crippen molar-refractivity contribution in [3.8, 4) is 0 Å². The summed E-state index contributed by atoms with van der Waals surface area (Å²) < 4.78 is 0. The van der Waals surface area contributed by atoms with Gasteiger partial charge in [-0.05, 0) is 0 Å². The van der Waals surface area contributed by atoms with Crippen LogP contribution in [-0.4, -0.2) is 169 Å². The van der Waals surface area contributed by atoms with Crippen molar-refractivity contribution in [2.24, 2.45) is 5.73 Å². The van der Waals surface area contributed by atoms with E-state index in [0.717, 1.165) is 0 Å². The van der Waals surface area contributed by atoms with Crippen molar-refractivity contribution in [2.75, 3.05) is 24.6 Å². The first-order valence-electron chi connectivity index (χ1n) is 15.8. The van der Waals surface area contributed by atoms with E-state index in [9.17, 15) is 78.0 Å². The van der Waals surface area contributed by atoms with Gasteiger partial charge in [-0.15, -0.1) is 0 Å². The minimum Gasteiger partial charge on any atom is -0.481 e. The zero-order chi connectivity index (χ0) is 43.3. The van der Waals surface area contributed by atoms with Gasteiger partial charge < -0.3 is 73.6 Å². The van der Waals surface area contributed by atoms with Crippen LogP contribution in [0.4, 0.5) is 0 Å². The van der Waals surface area contributed by atoms with Crippen molar-refractivity contribution in [1.29, 1.82) is 0 Å². The zero-order valence-corrected chi connectivity index (χ0v) is 30.7. The fourth-order valence-corrected chi connectivity index (χ4v) is 4.84. The van der Waals surface area contributed by atoms with Gasteiger partial charge in [-0.1, -0.05) is 0 Å². The average Bonchev–Trinajstić information content (AvgIpc) is 3.06. The summed E-state index contributed by atoms with van der Waals surface area (Å²) in [6.07, 6.45) is -5.99. The lowest BCUT2D eigenvalue weighted by Crippen LogP contribution is -2.60. The number of primary amides is 1. The van der Waals surface area contributed by atoms with E-state index in [1.807, 2.05) is 21.3 Å². The molecule has 0 heterocycles. The number of hydrogen-bond donors (Lipinski definition) is 16. The van der Waals surface area contributed by atoms with Gasteiger partial charge in [-0.3, -0.25) is 57.5 Å². The molecule has 15 N–H and O–H groups in total. The van der Waals surface area contributed by atoms with E-state index >= 15 is 0 Å². The molecule has 314 valence electrons. The second-order valence-corrected chi connectivity index (χ2v) is 12.1. The van der Waals surface area contributed by atoms with E-state index in [0.29, 0.717) is 0 Å². The molecule has 0 aliphatic carbocycles. The molecule has 6 amide bonds. The first-order valence-corrected chi connectivity index (χ1v) is 17.1. The Hall–Kier alpha value is -5.74. The number of carbonyl (C=O) groups is 12. The number of thiol groups is 2. The molecule has 0 saturated heterocycles. The number of nitrogens with two attached hydrogens (primary N) is 1. The molecule has 0 rings (SSSR count). The second kappa shape index (κ2) is 25.4. The zero-order valence-electron chi connectivity index (χ0n) is 29.0. The van der Waals surface area contributed by atoms with Crippen molar-refractivity contribution in [3.63, 3.8) is 0 Å². The predicted octanol–water partition coefficient (Wildman–Crippen LogP) is -6.87. The molecule has 0 aliphatic rings. The van der Waals surface area contributed by atoms with Crippen molar-refractivity contribution < 1.29 is 88.2 Å². The minimum atomic E-state index is -2.23. The van der Waals surface area contributed by atoms with Crippen LogP contribution in [0.2, 0.25) is 0 Å². The van der Waals surface area contributed by atoms with Gasteiger partial charge in [0.15, 0.2) is 0 Å². The highest BCUT2D eigenvalue weighted by molar-refractivity contribution is 7.80. The molecular weight excluding hydrogens is 800 g/mol. The van der Waals surface area contributed by atoms with Crippen LogP contribution >= 0.6 is 25.3 Å². The van der Waals surface area contributed by atoms with Crippen molar-refractivity contribution in [2.45, 2.75) is 74.4 Å². The van der Waals surface area contributed by atoms with Crippen LogP contribution in [0.15, 0.2) is 0 Å². The Morgan fingerprint density at radius 1 is 0.393 bits per heavy atom. The number of carboxylic acids is 6.